The summed E-state index contributed by atoms with van der Waals surface area (Å²) in [4.78, 5) is 12.1. The van der Waals surface area contributed by atoms with Crippen LogP contribution in [0, 0.1) is 17.3 Å². The predicted molar refractivity (Wildman–Crippen MR) is 81.6 cm³/mol. The Hall–Kier alpha value is -1.11. The molecule has 1 nitrogen and oxygen atoms in total. The van der Waals surface area contributed by atoms with E-state index in [9.17, 15) is 4.79 Å². The van der Waals surface area contributed by atoms with Crippen LogP contribution < -0.4 is 4.46 Å². The Kier molecular flexibility index (Phi) is 4.13. The van der Waals surface area contributed by atoms with E-state index in [4.69, 9.17) is 0 Å². The molecule has 0 saturated heterocycles. The van der Waals surface area contributed by atoms with Crippen LogP contribution in [0.2, 0.25) is 0 Å². The van der Waals surface area contributed by atoms with Crippen molar-refractivity contribution in [2.75, 3.05) is 0 Å². The van der Waals surface area contributed by atoms with Crippen LogP contribution in [0.15, 0.2) is 54.6 Å². The first kappa shape index (κ1) is 14.3. The average Bonchev–Trinajstić information content (AvgIpc) is 2.92. The second-order valence-electron chi connectivity index (χ2n) is 5.68. The SMILES string of the molecule is C=C[C@H]1[C@H](/C(C)=C/C(=O)[Se]c2ccccc2)C1(C)C. The van der Waals surface area contributed by atoms with Gasteiger partial charge < -0.3 is 0 Å². The normalized spacial score (nSPS) is 24.9. The van der Waals surface area contributed by atoms with Gasteiger partial charge in [-0.2, -0.15) is 0 Å². The molecule has 1 aromatic rings. The zero-order valence-corrected chi connectivity index (χ0v) is 13.4. The van der Waals surface area contributed by atoms with Crippen molar-refractivity contribution in [1.29, 1.82) is 0 Å². The van der Waals surface area contributed by atoms with Crippen molar-refractivity contribution in [2.24, 2.45) is 17.3 Å². The molecule has 1 aliphatic carbocycles. The summed E-state index contributed by atoms with van der Waals surface area (Å²) in [5.41, 5.74) is 1.47. The van der Waals surface area contributed by atoms with Gasteiger partial charge in [0.25, 0.3) is 0 Å². The van der Waals surface area contributed by atoms with Gasteiger partial charge in [-0.3, -0.25) is 0 Å². The Bertz CT molecular complexity index is 513. The summed E-state index contributed by atoms with van der Waals surface area (Å²) in [5.74, 6) is 1.00. The number of carbonyl (C=O) groups is 1. The third kappa shape index (κ3) is 3.08. The van der Waals surface area contributed by atoms with E-state index in [1.54, 1.807) is 0 Å². The minimum atomic E-state index is -0.106. The fourth-order valence-electron chi connectivity index (χ4n) is 2.90. The van der Waals surface area contributed by atoms with Gasteiger partial charge in [0.15, 0.2) is 0 Å². The summed E-state index contributed by atoms with van der Waals surface area (Å²) in [6, 6.07) is 9.99. The topological polar surface area (TPSA) is 17.1 Å². The van der Waals surface area contributed by atoms with Gasteiger partial charge in [0, 0.05) is 0 Å². The van der Waals surface area contributed by atoms with Gasteiger partial charge in [0.1, 0.15) is 0 Å². The second kappa shape index (κ2) is 5.48. The zero-order chi connectivity index (χ0) is 14.0. The summed E-state index contributed by atoms with van der Waals surface area (Å²) < 4.78 is 1.39. The first-order valence-corrected chi connectivity index (χ1v) is 8.25. The van der Waals surface area contributed by atoms with Gasteiger partial charge in [-0.25, -0.2) is 0 Å². The van der Waals surface area contributed by atoms with E-state index < -0.39 is 0 Å². The number of allylic oxidation sites excluding steroid dienone is 3. The Balaban J connectivity index is 2.02. The van der Waals surface area contributed by atoms with E-state index >= 15 is 0 Å². The van der Waals surface area contributed by atoms with Gasteiger partial charge in [-0.15, -0.1) is 0 Å². The standard InChI is InChI=1S/C17H20OSe/c1-5-14-16(17(14,3)4)12(2)11-15(18)19-13-9-7-6-8-10-13/h5-11,14,16H,1H2,2-4H3/b12-11+/t14-,16-/m0/s1. The third-order valence-electron chi connectivity index (χ3n) is 3.96. The van der Waals surface area contributed by atoms with Gasteiger partial charge >= 0.3 is 122 Å². The number of hydrogen-bond acceptors (Lipinski definition) is 1. The molecule has 0 aromatic heterocycles. The quantitative estimate of drug-likeness (QED) is 0.463. The van der Waals surface area contributed by atoms with E-state index in [-0.39, 0.29) is 25.1 Å². The summed E-state index contributed by atoms with van der Waals surface area (Å²) in [6.45, 7) is 10.5. The molecule has 0 spiro atoms. The summed E-state index contributed by atoms with van der Waals surface area (Å²) in [6.07, 6.45) is 3.87. The number of benzene rings is 1. The molecule has 0 unspecified atom stereocenters. The molecule has 0 heterocycles. The van der Waals surface area contributed by atoms with Gasteiger partial charge in [-0.1, -0.05) is 0 Å². The van der Waals surface area contributed by atoms with Gasteiger partial charge in [0.2, 0.25) is 0 Å². The molecule has 100 valence electrons. The van der Waals surface area contributed by atoms with Crippen LogP contribution in [0.5, 0.6) is 0 Å². The van der Waals surface area contributed by atoms with Crippen molar-refractivity contribution in [1.82, 2.24) is 0 Å². The molecule has 0 bridgehead atoms. The van der Waals surface area contributed by atoms with Crippen molar-refractivity contribution in [3.05, 3.63) is 54.6 Å². The van der Waals surface area contributed by atoms with E-state index in [1.165, 1.54) is 5.57 Å². The molecule has 1 aromatic carbocycles. The van der Waals surface area contributed by atoms with Crippen LogP contribution in [-0.4, -0.2) is 19.6 Å². The zero-order valence-electron chi connectivity index (χ0n) is 11.7. The molecule has 0 aliphatic heterocycles. The summed E-state index contributed by atoms with van der Waals surface area (Å²) >= 11 is -0.106. The van der Waals surface area contributed by atoms with Gasteiger partial charge in [-0.05, 0) is 0 Å². The number of carbonyl (C=O) groups excluding carboxylic acids is 1. The van der Waals surface area contributed by atoms with E-state index in [2.05, 4.69) is 27.4 Å². The van der Waals surface area contributed by atoms with Crippen LogP contribution in [0.1, 0.15) is 20.8 Å². The molecular formula is C17H20OSe. The Morgan fingerprint density at radius 3 is 2.47 bits per heavy atom. The maximum absolute atomic E-state index is 12.1. The fraction of sp³-hybridized carbons (Fsp3) is 0.353. The molecule has 2 heteroatoms. The number of hydrogen-bond donors (Lipinski definition) is 0. The minimum absolute atomic E-state index is 0.106. The monoisotopic (exact) mass is 320 g/mol. The summed E-state index contributed by atoms with van der Waals surface area (Å²) in [5, 5.41) is 0. The van der Waals surface area contributed by atoms with Crippen molar-refractivity contribution >= 4 is 24.1 Å². The van der Waals surface area contributed by atoms with E-state index in [1.807, 2.05) is 42.5 Å². The molecule has 2 rings (SSSR count). The summed E-state index contributed by atoms with van der Waals surface area (Å²) in [7, 11) is 0. The average molecular weight is 319 g/mol. The predicted octanol–water partition coefficient (Wildman–Crippen LogP) is 2.95. The second-order valence-corrected chi connectivity index (χ2v) is 7.94. The van der Waals surface area contributed by atoms with Crippen LogP contribution in [0.25, 0.3) is 0 Å². The Morgan fingerprint density at radius 2 is 1.95 bits per heavy atom. The number of rotatable bonds is 5. The molecule has 0 radical (unpaired) electrons. The molecule has 1 saturated carbocycles. The van der Waals surface area contributed by atoms with Crippen LogP contribution in [0.3, 0.4) is 0 Å². The molecule has 0 amide bonds. The van der Waals surface area contributed by atoms with Crippen molar-refractivity contribution in [3.63, 3.8) is 0 Å². The molecule has 1 fully saturated rings. The van der Waals surface area contributed by atoms with Crippen LogP contribution >= 0.6 is 0 Å². The Morgan fingerprint density at radius 1 is 1.32 bits per heavy atom. The van der Waals surface area contributed by atoms with Crippen molar-refractivity contribution in [2.45, 2.75) is 20.8 Å². The first-order chi connectivity index (χ1) is 8.96. The third-order valence-corrected chi connectivity index (χ3v) is 5.70. The first-order valence-electron chi connectivity index (χ1n) is 6.54. The van der Waals surface area contributed by atoms with Crippen molar-refractivity contribution in [3.8, 4) is 0 Å². The molecular weight excluding hydrogens is 299 g/mol. The fourth-order valence-corrected chi connectivity index (χ4v) is 4.51. The molecule has 2 atom stereocenters. The van der Waals surface area contributed by atoms with Crippen molar-refractivity contribution < 1.29 is 4.79 Å². The van der Waals surface area contributed by atoms with Crippen LogP contribution in [-0.2, 0) is 4.79 Å². The van der Waals surface area contributed by atoms with E-state index in [0.717, 1.165) is 4.46 Å². The van der Waals surface area contributed by atoms with Crippen LogP contribution in [0.4, 0.5) is 0 Å². The Labute approximate surface area is 122 Å². The van der Waals surface area contributed by atoms with E-state index in [0.29, 0.717) is 11.8 Å². The van der Waals surface area contributed by atoms with Gasteiger partial charge in [0.05, 0.1) is 0 Å². The molecule has 19 heavy (non-hydrogen) atoms. The maximum atomic E-state index is 12.1. The molecule has 0 N–H and O–H groups in total. The molecule has 1 aliphatic rings.